The van der Waals surface area contributed by atoms with Crippen molar-refractivity contribution in [3.05, 3.63) is 64.1 Å². The van der Waals surface area contributed by atoms with Crippen LogP contribution in [0.5, 0.6) is 5.75 Å². The van der Waals surface area contributed by atoms with Crippen LogP contribution in [0.3, 0.4) is 0 Å². The number of hydrogen-bond donors (Lipinski definition) is 1. The Labute approximate surface area is 157 Å². The van der Waals surface area contributed by atoms with E-state index in [0.29, 0.717) is 5.75 Å². The van der Waals surface area contributed by atoms with Gasteiger partial charge in [-0.15, -0.1) is 0 Å². The van der Waals surface area contributed by atoms with Crippen molar-refractivity contribution in [1.29, 1.82) is 0 Å². The zero-order chi connectivity index (χ0) is 17.6. The summed E-state index contributed by atoms with van der Waals surface area (Å²) in [6, 6.07) is 17.0. The van der Waals surface area contributed by atoms with Crippen LogP contribution in [0.15, 0.2) is 53.0 Å². The summed E-state index contributed by atoms with van der Waals surface area (Å²) in [6.45, 7) is 4.52. The van der Waals surface area contributed by atoms with Gasteiger partial charge in [-0.05, 0) is 64.7 Å². The largest absolute Gasteiger partial charge is 0.507 e. The maximum absolute atomic E-state index is 10.8. The SMILES string of the molecule is CCCC1(CCC)c2ccccc2-c2c1cc(O)c1ccc(Br)cc21. The molecule has 0 saturated carbocycles. The molecule has 1 N–H and O–H groups in total. The standard InChI is InChI=1S/C23H23BrO/c1-3-11-23(12-4-2)19-8-6-5-7-17(19)22-18-13-15(24)9-10-16(18)21(25)14-20(22)23/h5-10,13-14,25H,3-4,11-12H2,1-2H3. The summed E-state index contributed by atoms with van der Waals surface area (Å²) in [5, 5.41) is 12.8. The van der Waals surface area contributed by atoms with E-state index in [-0.39, 0.29) is 5.41 Å². The van der Waals surface area contributed by atoms with Crippen LogP contribution in [0.25, 0.3) is 21.9 Å². The fourth-order valence-corrected chi connectivity index (χ4v) is 5.19. The molecule has 4 rings (SSSR count). The second kappa shape index (κ2) is 6.17. The Kier molecular flexibility index (Phi) is 4.11. The number of rotatable bonds is 4. The van der Waals surface area contributed by atoms with E-state index in [1.165, 1.54) is 22.3 Å². The molecule has 3 aromatic rings. The summed E-state index contributed by atoms with van der Waals surface area (Å²) in [5.74, 6) is 0.394. The fourth-order valence-electron chi connectivity index (χ4n) is 4.83. The molecule has 0 amide bonds. The van der Waals surface area contributed by atoms with Crippen LogP contribution in [0.1, 0.15) is 50.7 Å². The highest BCUT2D eigenvalue weighted by Gasteiger charge is 2.42. The van der Waals surface area contributed by atoms with Crippen molar-refractivity contribution in [3.8, 4) is 16.9 Å². The van der Waals surface area contributed by atoms with Gasteiger partial charge in [-0.2, -0.15) is 0 Å². The smallest absolute Gasteiger partial charge is 0.123 e. The molecular weight excluding hydrogens is 372 g/mol. The van der Waals surface area contributed by atoms with Gasteiger partial charge in [0, 0.05) is 15.3 Å². The highest BCUT2D eigenvalue weighted by atomic mass is 79.9. The maximum Gasteiger partial charge on any atom is 0.123 e. The Bertz CT molecular complexity index is 952. The van der Waals surface area contributed by atoms with Crippen LogP contribution in [0.2, 0.25) is 0 Å². The highest BCUT2D eigenvalue weighted by molar-refractivity contribution is 9.10. The molecular formula is C23H23BrO. The van der Waals surface area contributed by atoms with Gasteiger partial charge < -0.3 is 5.11 Å². The summed E-state index contributed by atoms with van der Waals surface area (Å²) in [4.78, 5) is 0. The minimum absolute atomic E-state index is 0.0173. The molecule has 25 heavy (non-hydrogen) atoms. The zero-order valence-electron chi connectivity index (χ0n) is 14.8. The number of halogens is 1. The van der Waals surface area contributed by atoms with E-state index in [4.69, 9.17) is 0 Å². The van der Waals surface area contributed by atoms with Crippen molar-refractivity contribution in [2.24, 2.45) is 0 Å². The van der Waals surface area contributed by atoms with Crippen molar-refractivity contribution in [2.45, 2.75) is 44.9 Å². The van der Waals surface area contributed by atoms with E-state index in [9.17, 15) is 5.11 Å². The first-order valence-corrected chi connectivity index (χ1v) is 9.97. The molecule has 0 radical (unpaired) electrons. The van der Waals surface area contributed by atoms with Gasteiger partial charge in [0.1, 0.15) is 5.75 Å². The first-order valence-electron chi connectivity index (χ1n) is 9.18. The summed E-state index contributed by atoms with van der Waals surface area (Å²) in [5.41, 5.74) is 5.40. The lowest BCUT2D eigenvalue weighted by Crippen LogP contribution is -2.24. The topological polar surface area (TPSA) is 20.2 Å². The molecule has 128 valence electrons. The summed E-state index contributed by atoms with van der Waals surface area (Å²) >= 11 is 3.61. The second-order valence-electron chi connectivity index (χ2n) is 7.14. The van der Waals surface area contributed by atoms with Crippen LogP contribution in [-0.4, -0.2) is 5.11 Å². The van der Waals surface area contributed by atoms with Crippen LogP contribution in [-0.2, 0) is 5.41 Å². The normalized spacial score (nSPS) is 14.5. The molecule has 1 nitrogen and oxygen atoms in total. The van der Waals surface area contributed by atoms with Crippen molar-refractivity contribution in [2.75, 3.05) is 0 Å². The van der Waals surface area contributed by atoms with E-state index in [0.717, 1.165) is 40.9 Å². The summed E-state index contributed by atoms with van der Waals surface area (Å²) in [6.07, 6.45) is 4.49. The Morgan fingerprint density at radius 1 is 0.880 bits per heavy atom. The molecule has 0 atom stereocenters. The van der Waals surface area contributed by atoms with Crippen molar-refractivity contribution in [3.63, 3.8) is 0 Å². The quantitative estimate of drug-likeness (QED) is 0.496. The number of aromatic hydroxyl groups is 1. The lowest BCUT2D eigenvalue weighted by Gasteiger charge is -2.32. The van der Waals surface area contributed by atoms with Gasteiger partial charge in [-0.1, -0.05) is 66.9 Å². The molecule has 0 fully saturated rings. The monoisotopic (exact) mass is 394 g/mol. The molecule has 1 aliphatic carbocycles. The molecule has 2 heteroatoms. The van der Waals surface area contributed by atoms with Gasteiger partial charge in [0.25, 0.3) is 0 Å². The molecule has 0 bridgehead atoms. The Balaban J connectivity index is 2.16. The van der Waals surface area contributed by atoms with E-state index < -0.39 is 0 Å². The van der Waals surface area contributed by atoms with Crippen LogP contribution in [0, 0.1) is 0 Å². The molecule has 0 aromatic heterocycles. The highest BCUT2D eigenvalue weighted by Crippen LogP contribution is 2.57. The van der Waals surface area contributed by atoms with Crippen LogP contribution >= 0.6 is 15.9 Å². The number of benzene rings is 3. The average molecular weight is 395 g/mol. The first kappa shape index (κ1) is 16.7. The first-order chi connectivity index (χ1) is 12.1. The van der Waals surface area contributed by atoms with Gasteiger partial charge in [-0.25, -0.2) is 0 Å². The Morgan fingerprint density at radius 3 is 2.32 bits per heavy atom. The van der Waals surface area contributed by atoms with Crippen molar-refractivity contribution in [1.82, 2.24) is 0 Å². The number of phenols is 1. The fraction of sp³-hybridized carbons (Fsp3) is 0.304. The average Bonchev–Trinajstić information content (AvgIpc) is 2.86. The van der Waals surface area contributed by atoms with Crippen molar-refractivity contribution < 1.29 is 5.11 Å². The van der Waals surface area contributed by atoms with Gasteiger partial charge >= 0.3 is 0 Å². The number of phenolic OH excluding ortho intramolecular Hbond substituents is 1. The van der Waals surface area contributed by atoms with Crippen LogP contribution < -0.4 is 0 Å². The van der Waals surface area contributed by atoms with Gasteiger partial charge in [0.05, 0.1) is 0 Å². The molecule has 1 aliphatic rings. The van der Waals surface area contributed by atoms with Gasteiger partial charge in [-0.3, -0.25) is 0 Å². The summed E-state index contributed by atoms with van der Waals surface area (Å²) in [7, 11) is 0. The predicted molar refractivity (Wildman–Crippen MR) is 109 cm³/mol. The van der Waals surface area contributed by atoms with E-state index in [1.807, 2.05) is 18.2 Å². The second-order valence-corrected chi connectivity index (χ2v) is 8.05. The molecule has 0 aliphatic heterocycles. The lowest BCUT2D eigenvalue weighted by atomic mass is 9.71. The molecule has 0 saturated heterocycles. The molecule has 0 unspecified atom stereocenters. The number of hydrogen-bond acceptors (Lipinski definition) is 1. The summed E-state index contributed by atoms with van der Waals surface area (Å²) < 4.78 is 1.05. The van der Waals surface area contributed by atoms with E-state index in [1.54, 1.807) is 0 Å². The minimum atomic E-state index is 0.0173. The van der Waals surface area contributed by atoms with Crippen LogP contribution in [0.4, 0.5) is 0 Å². The molecule has 0 spiro atoms. The third-order valence-corrected chi connectivity index (χ3v) is 6.15. The predicted octanol–water partition coefficient (Wildman–Crippen LogP) is 7.17. The van der Waals surface area contributed by atoms with Gasteiger partial charge in [0.2, 0.25) is 0 Å². The molecule has 0 heterocycles. The lowest BCUT2D eigenvalue weighted by molar-refractivity contribution is 0.430. The third kappa shape index (κ3) is 2.34. The van der Waals surface area contributed by atoms with Gasteiger partial charge in [0.15, 0.2) is 0 Å². The Morgan fingerprint density at radius 2 is 1.60 bits per heavy atom. The molecule has 3 aromatic carbocycles. The van der Waals surface area contributed by atoms with Crippen molar-refractivity contribution >= 4 is 26.7 Å². The van der Waals surface area contributed by atoms with E-state index in [2.05, 4.69) is 60.1 Å². The third-order valence-electron chi connectivity index (χ3n) is 5.66. The van der Waals surface area contributed by atoms with E-state index >= 15 is 0 Å². The number of fused-ring (bicyclic) bond motifs is 5. The zero-order valence-corrected chi connectivity index (χ0v) is 16.4. The minimum Gasteiger partial charge on any atom is -0.507 e. The Hall–Kier alpha value is -1.80. The maximum atomic E-state index is 10.8.